The van der Waals surface area contributed by atoms with E-state index in [-0.39, 0.29) is 0 Å². The highest BCUT2D eigenvalue weighted by Crippen LogP contribution is 2.49. The van der Waals surface area contributed by atoms with Crippen LogP contribution in [0.1, 0.15) is 47.0 Å². The van der Waals surface area contributed by atoms with Crippen LogP contribution < -0.4 is 0 Å². The SMILES string of the molecule is CC(C)C1(C(C)C)CO[C@H]2C3=C(C=CCC3)OC[C@H]2C1. The van der Waals surface area contributed by atoms with E-state index in [2.05, 4.69) is 39.8 Å². The van der Waals surface area contributed by atoms with Crippen LogP contribution in [-0.2, 0) is 9.47 Å². The molecule has 0 amide bonds. The highest BCUT2D eigenvalue weighted by Gasteiger charge is 2.48. The molecule has 2 heterocycles. The number of ether oxygens (including phenoxy) is 2. The molecule has 1 fully saturated rings. The second-order valence-electron chi connectivity index (χ2n) is 7.38. The predicted molar refractivity (Wildman–Crippen MR) is 81.3 cm³/mol. The molecule has 0 bridgehead atoms. The van der Waals surface area contributed by atoms with Gasteiger partial charge in [-0.15, -0.1) is 0 Å². The first-order chi connectivity index (χ1) is 9.54. The van der Waals surface area contributed by atoms with E-state index in [0.717, 1.165) is 31.8 Å². The van der Waals surface area contributed by atoms with Crippen LogP contribution in [0.4, 0.5) is 0 Å². The van der Waals surface area contributed by atoms with Crippen LogP contribution in [-0.4, -0.2) is 19.3 Å². The molecule has 2 heteroatoms. The van der Waals surface area contributed by atoms with E-state index in [1.807, 2.05) is 0 Å². The molecule has 0 radical (unpaired) electrons. The third-order valence-corrected chi connectivity index (χ3v) is 5.86. The van der Waals surface area contributed by atoms with E-state index in [9.17, 15) is 0 Å². The Hall–Kier alpha value is -0.760. The summed E-state index contributed by atoms with van der Waals surface area (Å²) in [6, 6.07) is 0. The number of fused-ring (bicyclic) bond motifs is 2. The summed E-state index contributed by atoms with van der Waals surface area (Å²) in [6.45, 7) is 11.1. The Bertz CT molecular complexity index is 423. The summed E-state index contributed by atoms with van der Waals surface area (Å²) < 4.78 is 12.4. The molecule has 0 aromatic carbocycles. The van der Waals surface area contributed by atoms with Crippen molar-refractivity contribution in [2.45, 2.75) is 53.1 Å². The molecule has 2 aliphatic heterocycles. The maximum absolute atomic E-state index is 6.42. The van der Waals surface area contributed by atoms with E-state index in [1.165, 1.54) is 12.0 Å². The Morgan fingerprint density at radius 3 is 2.65 bits per heavy atom. The van der Waals surface area contributed by atoms with E-state index >= 15 is 0 Å². The van der Waals surface area contributed by atoms with Gasteiger partial charge in [0.1, 0.15) is 5.76 Å². The van der Waals surface area contributed by atoms with E-state index < -0.39 is 0 Å². The smallest absolute Gasteiger partial charge is 0.120 e. The minimum atomic E-state index is 0.313. The molecule has 0 aromatic heterocycles. The standard InChI is InChI=1S/C18H28O2/c1-12(2)18(13(3)4)9-14-10-19-16-8-6-5-7-15(16)17(14)20-11-18/h6,8,12-14,17H,5,7,9-11H2,1-4H3/t14-,17-/m1/s1. The molecule has 0 spiro atoms. The lowest BCUT2D eigenvalue weighted by atomic mass is 9.62. The zero-order valence-electron chi connectivity index (χ0n) is 13.3. The fourth-order valence-corrected chi connectivity index (χ4v) is 4.32. The Morgan fingerprint density at radius 1 is 1.20 bits per heavy atom. The van der Waals surface area contributed by atoms with Crippen LogP contribution >= 0.6 is 0 Å². The molecule has 2 nitrogen and oxygen atoms in total. The molecule has 1 saturated heterocycles. The lowest BCUT2D eigenvalue weighted by molar-refractivity contribution is -0.142. The van der Waals surface area contributed by atoms with Crippen molar-refractivity contribution in [3.8, 4) is 0 Å². The lowest BCUT2D eigenvalue weighted by Gasteiger charge is -2.51. The summed E-state index contributed by atoms with van der Waals surface area (Å²) in [4.78, 5) is 0. The zero-order chi connectivity index (χ0) is 14.3. The van der Waals surface area contributed by atoms with Gasteiger partial charge in [-0.25, -0.2) is 0 Å². The van der Waals surface area contributed by atoms with Crippen LogP contribution in [0.25, 0.3) is 0 Å². The van der Waals surface area contributed by atoms with Crippen molar-refractivity contribution < 1.29 is 9.47 Å². The van der Waals surface area contributed by atoms with Gasteiger partial charge in [-0.1, -0.05) is 33.8 Å². The number of hydrogen-bond acceptors (Lipinski definition) is 2. The average molecular weight is 276 g/mol. The summed E-state index contributed by atoms with van der Waals surface area (Å²) in [5.41, 5.74) is 1.73. The second-order valence-corrected chi connectivity index (χ2v) is 7.38. The molecule has 0 N–H and O–H groups in total. The average Bonchev–Trinajstić information content (AvgIpc) is 2.46. The third-order valence-electron chi connectivity index (χ3n) is 5.86. The van der Waals surface area contributed by atoms with Crippen molar-refractivity contribution in [3.05, 3.63) is 23.5 Å². The normalized spacial score (nSPS) is 32.1. The summed E-state index contributed by atoms with van der Waals surface area (Å²) in [5.74, 6) is 2.95. The first-order valence-electron chi connectivity index (χ1n) is 8.18. The minimum Gasteiger partial charge on any atom is -0.493 e. The van der Waals surface area contributed by atoms with Crippen LogP contribution in [0.5, 0.6) is 0 Å². The minimum absolute atomic E-state index is 0.313. The topological polar surface area (TPSA) is 18.5 Å². The maximum Gasteiger partial charge on any atom is 0.120 e. The zero-order valence-corrected chi connectivity index (χ0v) is 13.3. The Morgan fingerprint density at radius 2 is 1.95 bits per heavy atom. The number of hydrogen-bond donors (Lipinski definition) is 0. The van der Waals surface area contributed by atoms with Crippen molar-refractivity contribution >= 4 is 0 Å². The Balaban J connectivity index is 1.84. The van der Waals surface area contributed by atoms with Gasteiger partial charge in [0, 0.05) is 11.5 Å². The van der Waals surface area contributed by atoms with Gasteiger partial charge in [0.25, 0.3) is 0 Å². The van der Waals surface area contributed by atoms with Gasteiger partial charge < -0.3 is 9.47 Å². The molecule has 3 rings (SSSR count). The van der Waals surface area contributed by atoms with Crippen LogP contribution in [0.2, 0.25) is 0 Å². The van der Waals surface area contributed by atoms with Gasteiger partial charge in [0.2, 0.25) is 0 Å². The fourth-order valence-electron chi connectivity index (χ4n) is 4.32. The summed E-state index contributed by atoms with van der Waals surface area (Å²) >= 11 is 0. The summed E-state index contributed by atoms with van der Waals surface area (Å²) in [7, 11) is 0. The molecule has 1 aliphatic carbocycles. The van der Waals surface area contributed by atoms with Gasteiger partial charge in [0.05, 0.1) is 19.3 Å². The third kappa shape index (κ3) is 2.13. The van der Waals surface area contributed by atoms with Gasteiger partial charge >= 0.3 is 0 Å². The highest BCUT2D eigenvalue weighted by molar-refractivity contribution is 5.30. The monoisotopic (exact) mass is 276 g/mol. The first kappa shape index (κ1) is 14.2. The molecule has 3 aliphatic rings. The molecule has 20 heavy (non-hydrogen) atoms. The maximum atomic E-state index is 6.42. The Labute approximate surface area is 123 Å². The van der Waals surface area contributed by atoms with Crippen molar-refractivity contribution in [3.63, 3.8) is 0 Å². The van der Waals surface area contributed by atoms with Gasteiger partial charge in [-0.3, -0.25) is 0 Å². The van der Waals surface area contributed by atoms with E-state index in [1.54, 1.807) is 0 Å². The largest absolute Gasteiger partial charge is 0.493 e. The van der Waals surface area contributed by atoms with Crippen molar-refractivity contribution in [2.75, 3.05) is 13.2 Å². The number of allylic oxidation sites excluding steroid dienone is 2. The predicted octanol–water partition coefficient (Wildman–Crippen LogP) is 4.32. The van der Waals surface area contributed by atoms with Gasteiger partial charge in [-0.2, -0.15) is 0 Å². The molecule has 112 valence electrons. The van der Waals surface area contributed by atoms with E-state index in [4.69, 9.17) is 9.47 Å². The summed E-state index contributed by atoms with van der Waals surface area (Å²) in [6.07, 6.45) is 8.17. The van der Waals surface area contributed by atoms with Crippen molar-refractivity contribution in [1.29, 1.82) is 0 Å². The van der Waals surface area contributed by atoms with Crippen LogP contribution in [0.3, 0.4) is 0 Å². The van der Waals surface area contributed by atoms with Crippen molar-refractivity contribution in [2.24, 2.45) is 23.2 Å². The second kappa shape index (κ2) is 5.22. The first-order valence-corrected chi connectivity index (χ1v) is 8.18. The van der Waals surface area contributed by atoms with Gasteiger partial charge in [-0.05, 0) is 42.6 Å². The molecular formula is C18H28O2. The summed E-state index contributed by atoms with van der Waals surface area (Å²) in [5, 5.41) is 0. The Kier molecular flexibility index (Phi) is 3.70. The van der Waals surface area contributed by atoms with Crippen molar-refractivity contribution in [1.82, 2.24) is 0 Å². The molecular weight excluding hydrogens is 248 g/mol. The van der Waals surface area contributed by atoms with E-state index in [0.29, 0.717) is 29.3 Å². The lowest BCUT2D eigenvalue weighted by Crippen LogP contribution is -2.51. The molecule has 0 saturated carbocycles. The number of rotatable bonds is 2. The quantitative estimate of drug-likeness (QED) is 0.747. The molecule has 2 atom stereocenters. The highest BCUT2D eigenvalue weighted by atomic mass is 16.5. The van der Waals surface area contributed by atoms with Crippen LogP contribution in [0, 0.1) is 23.2 Å². The van der Waals surface area contributed by atoms with Gasteiger partial charge in [0.15, 0.2) is 0 Å². The molecule has 0 unspecified atom stereocenters. The fraction of sp³-hybridized carbons (Fsp3) is 0.778. The van der Waals surface area contributed by atoms with Crippen LogP contribution in [0.15, 0.2) is 23.5 Å². The molecule has 0 aromatic rings.